The molecule has 2 rings (SSSR count). The van der Waals surface area contributed by atoms with Gasteiger partial charge in [0.25, 0.3) is 0 Å². The fourth-order valence-corrected chi connectivity index (χ4v) is 2.60. The largest absolute Gasteiger partial charge is 0.271 e. The molecule has 2 aromatic rings. The molecular weight excluding hydrogens is 275 g/mol. The van der Waals surface area contributed by atoms with Gasteiger partial charge in [0.05, 0.1) is 6.04 Å². The summed E-state index contributed by atoms with van der Waals surface area (Å²) in [6.07, 6.45) is 2.57. The molecule has 0 fully saturated rings. The Balaban J connectivity index is 1.99. The van der Waals surface area contributed by atoms with Crippen molar-refractivity contribution < 1.29 is 4.39 Å². The second kappa shape index (κ2) is 7.39. The maximum atomic E-state index is 13.9. The summed E-state index contributed by atoms with van der Waals surface area (Å²) in [5.41, 5.74) is 4.38. The van der Waals surface area contributed by atoms with Gasteiger partial charge in [-0.1, -0.05) is 48.0 Å². The molecule has 0 saturated heterocycles. The van der Waals surface area contributed by atoms with Gasteiger partial charge >= 0.3 is 0 Å². The van der Waals surface area contributed by atoms with E-state index < -0.39 is 0 Å². The third-order valence-corrected chi connectivity index (χ3v) is 3.68. The molecule has 0 amide bonds. The summed E-state index contributed by atoms with van der Waals surface area (Å²) in [6.45, 7) is 0. The van der Waals surface area contributed by atoms with Crippen LogP contribution in [-0.2, 0) is 6.42 Å². The number of hydrazine groups is 1. The first-order valence-electron chi connectivity index (χ1n) is 6.66. The van der Waals surface area contributed by atoms with E-state index in [1.165, 1.54) is 11.6 Å². The van der Waals surface area contributed by atoms with Crippen LogP contribution in [0.3, 0.4) is 0 Å². The van der Waals surface area contributed by atoms with Crippen molar-refractivity contribution in [1.29, 1.82) is 0 Å². The number of hydrogen-bond donors (Lipinski definition) is 2. The average Bonchev–Trinajstić information content (AvgIpc) is 2.46. The van der Waals surface area contributed by atoms with Crippen LogP contribution in [0.2, 0.25) is 5.02 Å². The molecule has 1 atom stereocenters. The van der Waals surface area contributed by atoms with Crippen LogP contribution in [0.5, 0.6) is 0 Å². The highest BCUT2D eigenvalue weighted by atomic mass is 35.5. The number of rotatable bonds is 6. The van der Waals surface area contributed by atoms with E-state index in [2.05, 4.69) is 17.6 Å². The first kappa shape index (κ1) is 15.0. The van der Waals surface area contributed by atoms with Crippen LogP contribution < -0.4 is 11.3 Å². The third-order valence-electron chi connectivity index (χ3n) is 3.35. The van der Waals surface area contributed by atoms with Crippen molar-refractivity contribution in [3.8, 4) is 0 Å². The highest BCUT2D eigenvalue weighted by Gasteiger charge is 2.17. The molecule has 0 aliphatic rings. The zero-order valence-electron chi connectivity index (χ0n) is 11.2. The second-order valence-corrected chi connectivity index (χ2v) is 5.14. The second-order valence-electron chi connectivity index (χ2n) is 4.73. The lowest BCUT2D eigenvalue weighted by Crippen LogP contribution is -2.29. The van der Waals surface area contributed by atoms with Gasteiger partial charge in [-0.05, 0) is 37.0 Å². The molecule has 0 aromatic heterocycles. The summed E-state index contributed by atoms with van der Waals surface area (Å²) in [4.78, 5) is 0. The lowest BCUT2D eigenvalue weighted by Gasteiger charge is -2.18. The average molecular weight is 293 g/mol. The fraction of sp³-hybridized carbons (Fsp3) is 0.250. The van der Waals surface area contributed by atoms with Crippen molar-refractivity contribution >= 4 is 11.6 Å². The monoisotopic (exact) mass is 292 g/mol. The predicted molar refractivity (Wildman–Crippen MR) is 80.9 cm³/mol. The van der Waals surface area contributed by atoms with E-state index in [1.807, 2.05) is 18.2 Å². The van der Waals surface area contributed by atoms with Crippen molar-refractivity contribution in [3.63, 3.8) is 0 Å². The minimum atomic E-state index is -0.319. The standard InChI is InChI=1S/C16H18ClFN2/c17-13-9-5-10-14(18)16(13)15(20-19)11-4-8-12-6-2-1-3-7-12/h1-3,5-7,9-10,15,20H,4,8,11,19H2. The van der Waals surface area contributed by atoms with E-state index in [0.717, 1.165) is 19.3 Å². The van der Waals surface area contributed by atoms with E-state index in [4.69, 9.17) is 17.4 Å². The minimum Gasteiger partial charge on any atom is -0.271 e. The van der Waals surface area contributed by atoms with Gasteiger partial charge < -0.3 is 0 Å². The molecule has 106 valence electrons. The Kier molecular flexibility index (Phi) is 5.53. The van der Waals surface area contributed by atoms with E-state index in [0.29, 0.717) is 10.6 Å². The molecule has 0 saturated carbocycles. The molecule has 1 unspecified atom stereocenters. The molecule has 0 bridgehead atoms. The first-order valence-corrected chi connectivity index (χ1v) is 7.04. The molecule has 0 heterocycles. The topological polar surface area (TPSA) is 38.0 Å². The van der Waals surface area contributed by atoms with Gasteiger partial charge in [-0.3, -0.25) is 11.3 Å². The van der Waals surface area contributed by atoms with Crippen molar-refractivity contribution in [2.24, 2.45) is 5.84 Å². The zero-order valence-corrected chi connectivity index (χ0v) is 11.9. The van der Waals surface area contributed by atoms with Crippen LogP contribution in [-0.4, -0.2) is 0 Å². The summed E-state index contributed by atoms with van der Waals surface area (Å²) in [6, 6.07) is 14.6. The van der Waals surface area contributed by atoms with Crippen LogP contribution in [0.1, 0.15) is 30.0 Å². The summed E-state index contributed by atoms with van der Waals surface area (Å²) >= 11 is 6.06. The van der Waals surface area contributed by atoms with E-state index in [-0.39, 0.29) is 11.9 Å². The Morgan fingerprint density at radius 1 is 1.10 bits per heavy atom. The molecule has 3 N–H and O–H groups in total. The van der Waals surface area contributed by atoms with Gasteiger partial charge in [-0.2, -0.15) is 0 Å². The maximum Gasteiger partial charge on any atom is 0.129 e. The highest BCUT2D eigenvalue weighted by Crippen LogP contribution is 2.28. The van der Waals surface area contributed by atoms with Crippen molar-refractivity contribution in [2.75, 3.05) is 0 Å². The zero-order chi connectivity index (χ0) is 14.4. The molecule has 2 aromatic carbocycles. The summed E-state index contributed by atoms with van der Waals surface area (Å²) in [5, 5.41) is 0.410. The molecular formula is C16H18ClFN2. The Morgan fingerprint density at radius 2 is 1.85 bits per heavy atom. The minimum absolute atomic E-state index is 0.271. The van der Waals surface area contributed by atoms with Crippen LogP contribution in [0.4, 0.5) is 4.39 Å². The van der Waals surface area contributed by atoms with Crippen LogP contribution in [0.25, 0.3) is 0 Å². The molecule has 0 aliphatic heterocycles. The Hall–Kier alpha value is -1.42. The first-order chi connectivity index (χ1) is 9.72. The fourth-order valence-electron chi connectivity index (χ4n) is 2.31. The smallest absolute Gasteiger partial charge is 0.129 e. The molecule has 0 radical (unpaired) electrons. The summed E-state index contributed by atoms with van der Waals surface area (Å²) in [5.74, 6) is 5.23. The van der Waals surface area contributed by atoms with Crippen molar-refractivity contribution in [1.82, 2.24) is 5.43 Å². The Morgan fingerprint density at radius 3 is 2.50 bits per heavy atom. The summed E-state index contributed by atoms with van der Waals surface area (Å²) < 4.78 is 13.9. The normalized spacial score (nSPS) is 12.3. The maximum absolute atomic E-state index is 13.9. The van der Waals surface area contributed by atoms with Crippen molar-refractivity contribution in [2.45, 2.75) is 25.3 Å². The van der Waals surface area contributed by atoms with Gasteiger partial charge in [0, 0.05) is 10.6 Å². The van der Waals surface area contributed by atoms with Crippen LogP contribution in [0, 0.1) is 5.82 Å². The Labute approximate surface area is 123 Å². The molecule has 4 heteroatoms. The summed E-state index contributed by atoms with van der Waals surface area (Å²) in [7, 11) is 0. The SMILES string of the molecule is NNC(CCCc1ccccc1)c1c(F)cccc1Cl. The van der Waals surface area contributed by atoms with E-state index in [1.54, 1.807) is 12.1 Å². The van der Waals surface area contributed by atoms with Gasteiger partial charge in [-0.25, -0.2) is 4.39 Å². The number of nitrogens with one attached hydrogen (secondary N) is 1. The predicted octanol–water partition coefficient (Wildman–Crippen LogP) is 4.01. The van der Waals surface area contributed by atoms with E-state index in [9.17, 15) is 4.39 Å². The molecule has 20 heavy (non-hydrogen) atoms. The van der Waals surface area contributed by atoms with E-state index >= 15 is 0 Å². The quantitative estimate of drug-likeness (QED) is 0.624. The van der Waals surface area contributed by atoms with Gasteiger partial charge in [-0.15, -0.1) is 0 Å². The lowest BCUT2D eigenvalue weighted by atomic mass is 9.99. The van der Waals surface area contributed by atoms with Crippen LogP contribution >= 0.6 is 11.6 Å². The Bertz CT molecular complexity index is 525. The van der Waals surface area contributed by atoms with Gasteiger partial charge in [0.2, 0.25) is 0 Å². The third kappa shape index (κ3) is 3.79. The van der Waals surface area contributed by atoms with Crippen molar-refractivity contribution in [3.05, 3.63) is 70.5 Å². The van der Waals surface area contributed by atoms with Gasteiger partial charge in [0.1, 0.15) is 5.82 Å². The van der Waals surface area contributed by atoms with Crippen LogP contribution in [0.15, 0.2) is 48.5 Å². The molecule has 0 aliphatic carbocycles. The number of hydrogen-bond acceptors (Lipinski definition) is 2. The number of halogens is 2. The number of benzene rings is 2. The number of nitrogens with two attached hydrogens (primary N) is 1. The number of aryl methyl sites for hydroxylation is 1. The highest BCUT2D eigenvalue weighted by molar-refractivity contribution is 6.31. The molecule has 2 nitrogen and oxygen atoms in total. The lowest BCUT2D eigenvalue weighted by molar-refractivity contribution is 0.473. The van der Waals surface area contributed by atoms with Gasteiger partial charge in [0.15, 0.2) is 0 Å². The molecule has 0 spiro atoms.